The summed E-state index contributed by atoms with van der Waals surface area (Å²) in [6.45, 7) is 11.5. The molecule has 0 bridgehead atoms. The minimum absolute atomic E-state index is 0.138. The zero-order valence-corrected chi connectivity index (χ0v) is 26.1. The molecule has 0 saturated heterocycles. The number of allylic oxidation sites excluding steroid dienone is 4. The molecule has 0 spiro atoms. The number of unbranched alkanes of at least 4 members (excludes halogenated alkanes) is 6. The van der Waals surface area contributed by atoms with Crippen molar-refractivity contribution in [3.05, 3.63) is 34.0 Å². The average Bonchev–Trinajstić information content (AvgIpc) is 2.84. The second-order valence-electron chi connectivity index (χ2n) is 9.79. The van der Waals surface area contributed by atoms with E-state index in [0.717, 1.165) is 25.7 Å². The fourth-order valence-electron chi connectivity index (χ4n) is 4.74. The van der Waals surface area contributed by atoms with Crippen LogP contribution in [0.25, 0.3) is 0 Å². The van der Waals surface area contributed by atoms with Crippen molar-refractivity contribution >= 4 is 24.3 Å². The Morgan fingerprint density at radius 3 is 1.97 bits per heavy atom. The monoisotopic (exact) mass is 584 g/mol. The van der Waals surface area contributed by atoms with Crippen molar-refractivity contribution in [2.75, 3.05) is 6.61 Å². The van der Waals surface area contributed by atoms with Crippen LogP contribution in [0.15, 0.2) is 34.0 Å². The van der Waals surface area contributed by atoms with Crippen LogP contribution in [0, 0.1) is 0 Å². The van der Waals surface area contributed by atoms with E-state index >= 15 is 0 Å². The summed E-state index contributed by atoms with van der Waals surface area (Å²) in [6.07, 6.45) is 23.9. The molecule has 0 radical (unpaired) electrons. The fraction of sp³-hybridized carbons (Fsp3) is 0.767. The normalized spacial score (nSPS) is 13.8. The molecule has 1 unspecified atom stereocenters. The Hall–Kier alpha value is -0.551. The SMILES string of the molecule is C/C=C/C=C/COC(=O)CCCCC(O)/[C](=C/CCCC)[Sn]([CH2]CCC)([CH2]CCC)[CH2]CCC. The first-order valence-corrected chi connectivity index (χ1v) is 21.8. The minimum atomic E-state index is -2.65. The standard InChI is InChI=1S/C18H29O3.3C4H9.Sn/c1-3-5-7-9-13-17(19)14-10-11-15-18(20)21-16-12-8-6-4-2;3*1-3-4-2;/h4,6,8-9,12,17,19H,3,5,7,10-11,14-16H2,1-2H3;3*1,3-4H2,2H3;/b6-4+,12-8+,13-9?;;;;. The van der Waals surface area contributed by atoms with Crippen LogP contribution in [-0.4, -0.2) is 42.2 Å². The molecule has 0 rings (SSSR count). The zero-order chi connectivity index (χ0) is 25.5. The molecule has 3 nitrogen and oxygen atoms in total. The summed E-state index contributed by atoms with van der Waals surface area (Å²) >= 11 is -2.65. The van der Waals surface area contributed by atoms with E-state index in [0.29, 0.717) is 13.0 Å². The number of carbonyl (C=O) groups excluding carboxylic acids is 1. The first-order valence-electron chi connectivity index (χ1n) is 14.3. The molecule has 4 heteroatoms. The molecule has 198 valence electrons. The number of esters is 1. The van der Waals surface area contributed by atoms with Crippen molar-refractivity contribution in [1.29, 1.82) is 0 Å². The van der Waals surface area contributed by atoms with Crippen LogP contribution in [-0.2, 0) is 9.53 Å². The van der Waals surface area contributed by atoms with Gasteiger partial charge in [0.05, 0.1) is 0 Å². The van der Waals surface area contributed by atoms with E-state index in [1.54, 1.807) is 0 Å². The van der Waals surface area contributed by atoms with Crippen LogP contribution >= 0.6 is 0 Å². The Morgan fingerprint density at radius 2 is 1.44 bits per heavy atom. The second kappa shape index (κ2) is 22.9. The molecular formula is C30H56O3Sn. The molecule has 0 aliphatic rings. The number of hydrogen-bond acceptors (Lipinski definition) is 3. The summed E-state index contributed by atoms with van der Waals surface area (Å²) in [7, 11) is 0. The molecule has 0 saturated carbocycles. The summed E-state index contributed by atoms with van der Waals surface area (Å²) in [5, 5.41) is 11.5. The number of aliphatic hydroxyl groups excluding tert-OH is 1. The Morgan fingerprint density at radius 1 is 0.853 bits per heavy atom. The van der Waals surface area contributed by atoms with Gasteiger partial charge in [-0.25, -0.2) is 0 Å². The zero-order valence-electron chi connectivity index (χ0n) is 23.2. The van der Waals surface area contributed by atoms with Gasteiger partial charge in [-0.05, 0) is 6.92 Å². The maximum atomic E-state index is 12.0. The van der Waals surface area contributed by atoms with Crippen LogP contribution in [0.2, 0.25) is 13.3 Å². The van der Waals surface area contributed by atoms with Gasteiger partial charge in [-0.1, -0.05) is 6.08 Å². The van der Waals surface area contributed by atoms with E-state index in [1.165, 1.54) is 68.3 Å². The van der Waals surface area contributed by atoms with E-state index in [9.17, 15) is 9.90 Å². The molecule has 0 aliphatic carbocycles. The molecule has 1 N–H and O–H groups in total. The van der Waals surface area contributed by atoms with Gasteiger partial charge in [0.1, 0.15) is 0 Å². The van der Waals surface area contributed by atoms with Crippen molar-refractivity contribution in [2.45, 2.75) is 138 Å². The van der Waals surface area contributed by atoms with Crippen LogP contribution < -0.4 is 0 Å². The third-order valence-electron chi connectivity index (χ3n) is 6.81. The van der Waals surface area contributed by atoms with Gasteiger partial charge in [0.15, 0.2) is 0 Å². The first-order chi connectivity index (χ1) is 16.5. The third kappa shape index (κ3) is 15.4. The molecule has 0 amide bonds. The predicted molar refractivity (Wildman–Crippen MR) is 152 cm³/mol. The summed E-state index contributed by atoms with van der Waals surface area (Å²) < 4.78 is 11.0. The van der Waals surface area contributed by atoms with Gasteiger partial charge >= 0.3 is 204 Å². The van der Waals surface area contributed by atoms with Crippen LogP contribution in [0.1, 0.15) is 118 Å². The topological polar surface area (TPSA) is 46.5 Å². The van der Waals surface area contributed by atoms with Gasteiger partial charge in [0.25, 0.3) is 0 Å². The molecule has 0 aliphatic heterocycles. The van der Waals surface area contributed by atoms with Crippen molar-refractivity contribution in [2.24, 2.45) is 0 Å². The quantitative estimate of drug-likeness (QED) is 0.0599. The van der Waals surface area contributed by atoms with Crippen molar-refractivity contribution in [3.63, 3.8) is 0 Å². The van der Waals surface area contributed by atoms with E-state index < -0.39 is 18.4 Å². The van der Waals surface area contributed by atoms with Gasteiger partial charge in [0.2, 0.25) is 0 Å². The summed E-state index contributed by atoms with van der Waals surface area (Å²) in [5.41, 5.74) is 0. The number of aliphatic hydroxyl groups is 1. The maximum absolute atomic E-state index is 12.0. The van der Waals surface area contributed by atoms with E-state index in [2.05, 4.69) is 33.8 Å². The van der Waals surface area contributed by atoms with E-state index in [1.807, 2.05) is 31.2 Å². The summed E-state index contributed by atoms with van der Waals surface area (Å²) in [4.78, 5) is 12.0. The third-order valence-corrected chi connectivity index (χ3v) is 23.1. The van der Waals surface area contributed by atoms with Crippen molar-refractivity contribution < 1.29 is 14.6 Å². The Bertz CT molecular complexity index is 558. The van der Waals surface area contributed by atoms with Crippen molar-refractivity contribution in [1.82, 2.24) is 0 Å². The van der Waals surface area contributed by atoms with E-state index in [-0.39, 0.29) is 12.1 Å². The molecule has 0 aromatic heterocycles. The number of hydrogen-bond donors (Lipinski definition) is 1. The van der Waals surface area contributed by atoms with E-state index in [4.69, 9.17) is 4.74 Å². The fourth-order valence-corrected chi connectivity index (χ4v) is 22.3. The van der Waals surface area contributed by atoms with Gasteiger partial charge in [0, 0.05) is 0 Å². The van der Waals surface area contributed by atoms with Crippen LogP contribution in [0.5, 0.6) is 0 Å². The Balaban J connectivity index is 5.21. The molecule has 0 fully saturated rings. The number of ether oxygens (including phenoxy) is 1. The van der Waals surface area contributed by atoms with Crippen LogP contribution in [0.4, 0.5) is 0 Å². The molecule has 0 aromatic rings. The Kier molecular flexibility index (Phi) is 22.5. The van der Waals surface area contributed by atoms with Gasteiger partial charge in [-0.15, -0.1) is 0 Å². The molecule has 0 heterocycles. The average molecular weight is 583 g/mol. The van der Waals surface area contributed by atoms with Gasteiger partial charge in [-0.3, -0.25) is 0 Å². The number of rotatable bonds is 22. The predicted octanol–water partition coefficient (Wildman–Crippen LogP) is 9.09. The van der Waals surface area contributed by atoms with Gasteiger partial charge in [-0.2, -0.15) is 0 Å². The van der Waals surface area contributed by atoms with Crippen LogP contribution in [0.3, 0.4) is 0 Å². The second-order valence-corrected chi connectivity index (χ2v) is 23.0. The summed E-state index contributed by atoms with van der Waals surface area (Å²) in [5.74, 6) is -0.138. The molecule has 1 atom stereocenters. The molecule has 0 aromatic carbocycles. The van der Waals surface area contributed by atoms with Crippen molar-refractivity contribution in [3.8, 4) is 0 Å². The molecular weight excluding hydrogens is 527 g/mol. The molecule has 34 heavy (non-hydrogen) atoms. The first kappa shape index (κ1) is 33.4. The van der Waals surface area contributed by atoms with Gasteiger partial charge < -0.3 is 0 Å². The number of carbonyl (C=O) groups is 1. The Labute approximate surface area is 216 Å². The summed E-state index contributed by atoms with van der Waals surface area (Å²) in [6, 6.07) is 0.